The van der Waals surface area contributed by atoms with Gasteiger partial charge in [0.15, 0.2) is 5.82 Å². The van der Waals surface area contributed by atoms with Crippen molar-refractivity contribution in [2.45, 2.75) is 37.7 Å². The molecule has 0 spiro atoms. The second-order valence-electron chi connectivity index (χ2n) is 15.2. The quantitative estimate of drug-likeness (QED) is 0.181. The number of benzene rings is 6. The van der Waals surface area contributed by atoms with Gasteiger partial charge in [-0.1, -0.05) is 159 Å². The number of fused-ring (bicyclic) bond motifs is 6. The molecule has 1 aromatic heterocycles. The first-order valence-electron chi connectivity index (χ1n) is 18.4. The topological polar surface area (TPSA) is 35.0 Å². The molecule has 2 unspecified atom stereocenters. The Morgan fingerprint density at radius 1 is 0.509 bits per heavy atom. The molecule has 0 amide bonds. The average Bonchev–Trinajstić information content (AvgIpc) is 3.65. The van der Waals surface area contributed by atoms with Gasteiger partial charge >= 0.3 is 0 Å². The summed E-state index contributed by atoms with van der Waals surface area (Å²) in [5.41, 5.74) is 16.0. The lowest BCUT2D eigenvalue weighted by atomic mass is 9.74. The van der Waals surface area contributed by atoms with Crippen LogP contribution in [0.1, 0.15) is 48.9 Å². The van der Waals surface area contributed by atoms with Gasteiger partial charge < -0.3 is 4.74 Å². The first-order chi connectivity index (χ1) is 25.9. The number of ether oxygens (including phenoxy) is 1. The Morgan fingerprint density at radius 2 is 1.11 bits per heavy atom. The highest BCUT2D eigenvalue weighted by atomic mass is 16.5. The second kappa shape index (κ2) is 11.9. The third-order valence-corrected chi connectivity index (χ3v) is 11.5. The molecular formula is C50H38N2O. The number of nitrogens with zero attached hydrogens (tertiary/aromatic N) is 2. The van der Waals surface area contributed by atoms with Crippen LogP contribution in [0.25, 0.3) is 61.7 Å². The number of aromatic nitrogens is 2. The molecule has 0 saturated heterocycles. The summed E-state index contributed by atoms with van der Waals surface area (Å²) in [7, 11) is 0. The van der Waals surface area contributed by atoms with Crippen LogP contribution in [0.4, 0.5) is 0 Å². The molecule has 0 fully saturated rings. The molecule has 0 N–H and O–H groups in total. The maximum atomic E-state index is 6.48. The zero-order chi connectivity index (χ0) is 35.7. The number of allylic oxidation sites excluding steroid dienone is 2. The predicted octanol–water partition coefficient (Wildman–Crippen LogP) is 12.3. The molecule has 254 valence electrons. The molecule has 1 aliphatic heterocycles. The lowest BCUT2D eigenvalue weighted by Crippen LogP contribution is -2.34. The Kier molecular flexibility index (Phi) is 7.03. The number of para-hydroxylation sites is 1. The van der Waals surface area contributed by atoms with E-state index in [9.17, 15) is 0 Å². The van der Waals surface area contributed by atoms with Crippen LogP contribution in [-0.4, -0.2) is 15.6 Å². The first kappa shape index (κ1) is 31.4. The van der Waals surface area contributed by atoms with Gasteiger partial charge in [-0.15, -0.1) is 0 Å². The van der Waals surface area contributed by atoms with Gasteiger partial charge in [-0.3, -0.25) is 0 Å². The number of hydrogen-bond acceptors (Lipinski definition) is 3. The highest BCUT2D eigenvalue weighted by Crippen LogP contribution is 2.53. The Labute approximate surface area is 311 Å². The SMILES string of the molecule is CC1(C)c2ccccc2-c2ccc(-c3ccc(-c4cc(-c5ccc(C6=CC=CC7(C)Oc8ccccc8C67)cc5)nc(-c5ccccc5)n4)cc3)cc21. The van der Waals surface area contributed by atoms with E-state index in [4.69, 9.17) is 14.7 Å². The van der Waals surface area contributed by atoms with Crippen molar-refractivity contribution < 1.29 is 4.74 Å². The van der Waals surface area contributed by atoms with Gasteiger partial charge in [0, 0.05) is 27.7 Å². The number of rotatable bonds is 5. The Morgan fingerprint density at radius 3 is 1.87 bits per heavy atom. The van der Waals surface area contributed by atoms with E-state index in [2.05, 4.69) is 166 Å². The number of hydrogen-bond donors (Lipinski definition) is 0. The van der Waals surface area contributed by atoms with Crippen LogP contribution in [0.15, 0.2) is 170 Å². The van der Waals surface area contributed by atoms with Crippen molar-refractivity contribution in [1.29, 1.82) is 0 Å². The summed E-state index contributed by atoms with van der Waals surface area (Å²) in [6.45, 7) is 6.85. The van der Waals surface area contributed by atoms with Crippen LogP contribution < -0.4 is 4.74 Å². The van der Waals surface area contributed by atoms with E-state index in [0.29, 0.717) is 5.82 Å². The highest BCUT2D eigenvalue weighted by molar-refractivity contribution is 5.84. The van der Waals surface area contributed by atoms with Crippen molar-refractivity contribution in [3.63, 3.8) is 0 Å². The molecule has 2 heterocycles. The third kappa shape index (κ3) is 5.10. The zero-order valence-electron chi connectivity index (χ0n) is 30.0. The average molecular weight is 683 g/mol. The van der Waals surface area contributed by atoms with E-state index >= 15 is 0 Å². The fraction of sp³-hybridized carbons (Fsp3) is 0.120. The Bertz CT molecular complexity index is 2620. The van der Waals surface area contributed by atoms with E-state index in [1.54, 1.807) is 0 Å². The molecule has 2 atom stereocenters. The fourth-order valence-corrected chi connectivity index (χ4v) is 8.74. The molecular weight excluding hydrogens is 645 g/mol. The Hall–Kier alpha value is -6.32. The fourth-order valence-electron chi connectivity index (χ4n) is 8.74. The summed E-state index contributed by atoms with van der Waals surface area (Å²) in [5.74, 6) is 1.81. The molecule has 0 radical (unpaired) electrons. The molecule has 0 saturated carbocycles. The van der Waals surface area contributed by atoms with Crippen molar-refractivity contribution in [2.24, 2.45) is 0 Å². The van der Waals surface area contributed by atoms with Crippen LogP contribution in [0.3, 0.4) is 0 Å². The summed E-state index contributed by atoms with van der Waals surface area (Å²) in [5, 5.41) is 0. The van der Waals surface area contributed by atoms with E-state index in [-0.39, 0.29) is 11.3 Å². The minimum absolute atomic E-state index is 0.0351. The highest BCUT2D eigenvalue weighted by Gasteiger charge is 2.46. The molecule has 6 aromatic carbocycles. The summed E-state index contributed by atoms with van der Waals surface area (Å²) < 4.78 is 6.48. The molecule has 53 heavy (non-hydrogen) atoms. The molecule has 7 aromatic rings. The standard InChI is InChI=1S/C50H38N2O/c1-49(2)42-17-9-7-14-39(42)40-28-27-37(30-43(40)49)32-19-23-34(24-20-32)44-31-45(52-48(51-44)36-12-5-4-6-13-36)35-25-21-33(22-26-35)38-16-11-29-50(3)47(38)41-15-8-10-18-46(41)53-50/h4-31,47H,1-3H3. The maximum Gasteiger partial charge on any atom is 0.160 e. The third-order valence-electron chi connectivity index (χ3n) is 11.5. The smallest absolute Gasteiger partial charge is 0.160 e. The van der Waals surface area contributed by atoms with Crippen LogP contribution in [0.5, 0.6) is 5.75 Å². The van der Waals surface area contributed by atoms with Gasteiger partial charge in [0.25, 0.3) is 0 Å². The molecule has 2 aliphatic carbocycles. The predicted molar refractivity (Wildman–Crippen MR) is 217 cm³/mol. The van der Waals surface area contributed by atoms with E-state index in [1.807, 2.05) is 24.3 Å². The van der Waals surface area contributed by atoms with Crippen molar-refractivity contribution in [3.05, 3.63) is 192 Å². The van der Waals surface area contributed by atoms with Crippen LogP contribution >= 0.6 is 0 Å². The lowest BCUT2D eigenvalue weighted by molar-refractivity contribution is 0.158. The van der Waals surface area contributed by atoms with E-state index in [0.717, 1.165) is 33.8 Å². The van der Waals surface area contributed by atoms with Crippen molar-refractivity contribution in [1.82, 2.24) is 9.97 Å². The molecule has 3 heteroatoms. The van der Waals surface area contributed by atoms with E-state index < -0.39 is 5.60 Å². The summed E-state index contributed by atoms with van der Waals surface area (Å²) in [4.78, 5) is 10.2. The minimum Gasteiger partial charge on any atom is -0.482 e. The second-order valence-corrected chi connectivity index (χ2v) is 15.2. The molecule has 0 bridgehead atoms. The van der Waals surface area contributed by atoms with Gasteiger partial charge in [0.1, 0.15) is 11.4 Å². The van der Waals surface area contributed by atoms with Gasteiger partial charge in [-0.05, 0) is 75.7 Å². The molecule has 3 nitrogen and oxygen atoms in total. The lowest BCUT2D eigenvalue weighted by Gasteiger charge is -2.32. The maximum absolute atomic E-state index is 6.48. The van der Waals surface area contributed by atoms with Crippen molar-refractivity contribution >= 4 is 5.57 Å². The zero-order valence-corrected chi connectivity index (χ0v) is 30.0. The minimum atomic E-state index is -0.406. The Balaban J connectivity index is 0.993. The summed E-state index contributed by atoms with van der Waals surface area (Å²) in [6.07, 6.45) is 6.54. The summed E-state index contributed by atoms with van der Waals surface area (Å²) in [6, 6.07) is 54.1. The largest absolute Gasteiger partial charge is 0.482 e. The van der Waals surface area contributed by atoms with E-state index in [1.165, 1.54) is 50.1 Å². The van der Waals surface area contributed by atoms with Crippen molar-refractivity contribution in [2.75, 3.05) is 0 Å². The van der Waals surface area contributed by atoms with Crippen LogP contribution in [0, 0.1) is 0 Å². The molecule has 10 rings (SSSR count). The summed E-state index contributed by atoms with van der Waals surface area (Å²) >= 11 is 0. The van der Waals surface area contributed by atoms with Gasteiger partial charge in [0.05, 0.1) is 17.3 Å². The van der Waals surface area contributed by atoms with Gasteiger partial charge in [0.2, 0.25) is 0 Å². The van der Waals surface area contributed by atoms with Crippen LogP contribution in [0.2, 0.25) is 0 Å². The normalized spacial score (nSPS) is 18.7. The van der Waals surface area contributed by atoms with Gasteiger partial charge in [-0.25, -0.2) is 9.97 Å². The first-order valence-corrected chi connectivity index (χ1v) is 18.4. The van der Waals surface area contributed by atoms with Crippen molar-refractivity contribution in [3.8, 4) is 61.9 Å². The van der Waals surface area contributed by atoms with Crippen LogP contribution in [-0.2, 0) is 5.41 Å². The molecule has 3 aliphatic rings. The van der Waals surface area contributed by atoms with Gasteiger partial charge in [-0.2, -0.15) is 0 Å². The monoisotopic (exact) mass is 682 g/mol.